The Balaban J connectivity index is 0.000000671. The van der Waals surface area contributed by atoms with Crippen LogP contribution < -0.4 is 11.7 Å². The monoisotopic (exact) mass is 240 g/mol. The first-order valence-electron chi connectivity index (χ1n) is 3.09. The molecule has 0 amide bonds. The Morgan fingerprint density at radius 1 is 1.15 bits per heavy atom. The molecule has 0 aliphatic rings. The second-order valence-electron chi connectivity index (χ2n) is 1.90. The summed E-state index contributed by atoms with van der Waals surface area (Å²) in [5.74, 6) is 8.00. The predicted octanol–water partition coefficient (Wildman–Crippen LogP) is 2.19. The molecular weight excluding hydrogens is 234 g/mol. The maximum absolute atomic E-state index is 10.6. The lowest BCUT2D eigenvalue weighted by atomic mass is 10.2. The molecule has 0 atom stereocenters. The van der Waals surface area contributed by atoms with Crippen LogP contribution in [0.5, 0.6) is 0 Å². The molecular formula is C7H7Cl3N2O. The molecule has 1 rings (SSSR count). The number of carbonyl (C=O) groups is 1. The fourth-order valence-electron chi connectivity index (χ4n) is 0.618. The average Bonchev–Trinajstić information content (AvgIpc) is 2.13. The molecule has 6 heteroatoms. The minimum absolute atomic E-state index is 0.332. The van der Waals surface area contributed by atoms with Gasteiger partial charge in [-0.05, 0) is 29.8 Å². The zero-order valence-electron chi connectivity index (χ0n) is 6.43. The molecule has 0 aliphatic carbocycles. The number of carbonyl (C=O) groups excluding carboxylic acids is 1. The molecule has 0 heterocycles. The third-order valence-electron chi connectivity index (χ3n) is 1.15. The number of rotatable bonds is 1. The van der Waals surface area contributed by atoms with Gasteiger partial charge in [-0.2, -0.15) is 0 Å². The predicted molar refractivity (Wildman–Crippen MR) is 55.0 cm³/mol. The van der Waals surface area contributed by atoms with Crippen molar-refractivity contribution < 1.29 is 4.79 Å². The molecule has 0 saturated heterocycles. The van der Waals surface area contributed by atoms with Gasteiger partial charge in [0.05, 0.1) is 10.0 Å². The average molecular weight is 242 g/mol. The Morgan fingerprint density at radius 3 is 2.08 bits per heavy atom. The Morgan fingerprint density at radius 2 is 1.69 bits per heavy atom. The molecule has 0 aromatic heterocycles. The van der Waals surface area contributed by atoms with Crippen LogP contribution >= 0.6 is 34.8 Å². The van der Waals surface area contributed by atoms with Gasteiger partial charge in [0.2, 0.25) is 0 Å². The third-order valence-corrected chi connectivity index (χ3v) is 2.10. The van der Waals surface area contributed by atoms with Crippen LogP contribution in [-0.2, 0) is 0 Å². The van der Waals surface area contributed by atoms with Crippen LogP contribution in [0, 0.1) is 0 Å². The molecule has 0 aliphatic heterocycles. The normalized spacial score (nSPS) is 8.69. The van der Waals surface area contributed by atoms with E-state index < -0.39 is 5.24 Å². The highest BCUT2D eigenvalue weighted by Gasteiger charge is 2.03. The van der Waals surface area contributed by atoms with Crippen LogP contribution in [0.4, 0.5) is 0 Å². The van der Waals surface area contributed by atoms with Gasteiger partial charge in [-0.3, -0.25) is 16.5 Å². The summed E-state index contributed by atoms with van der Waals surface area (Å²) in [7, 11) is 0. The summed E-state index contributed by atoms with van der Waals surface area (Å²) in [4.78, 5) is 10.6. The molecule has 13 heavy (non-hydrogen) atoms. The molecule has 0 fully saturated rings. The lowest BCUT2D eigenvalue weighted by Gasteiger charge is -1.96. The molecule has 72 valence electrons. The van der Waals surface area contributed by atoms with E-state index in [4.69, 9.17) is 34.8 Å². The Labute approximate surface area is 90.5 Å². The zero-order valence-corrected chi connectivity index (χ0v) is 8.70. The fraction of sp³-hybridized carbons (Fsp3) is 0. The first kappa shape index (κ1) is 12.7. The van der Waals surface area contributed by atoms with E-state index >= 15 is 0 Å². The molecule has 4 N–H and O–H groups in total. The van der Waals surface area contributed by atoms with Crippen molar-refractivity contribution >= 4 is 40.0 Å². The van der Waals surface area contributed by atoms with Gasteiger partial charge in [0.15, 0.2) is 0 Å². The van der Waals surface area contributed by atoms with Gasteiger partial charge in [-0.1, -0.05) is 23.2 Å². The van der Waals surface area contributed by atoms with Gasteiger partial charge in [0.25, 0.3) is 5.24 Å². The van der Waals surface area contributed by atoms with E-state index in [1.807, 2.05) is 0 Å². The summed E-state index contributed by atoms with van der Waals surface area (Å²) in [5, 5.41) is 0.204. The number of hydrogen-bond acceptors (Lipinski definition) is 3. The molecule has 1 aromatic carbocycles. The number of benzene rings is 1. The molecule has 0 saturated carbocycles. The van der Waals surface area contributed by atoms with E-state index in [1.165, 1.54) is 18.2 Å². The molecule has 1 aromatic rings. The number of hydrazine groups is 1. The first-order valence-corrected chi connectivity index (χ1v) is 4.23. The highest BCUT2D eigenvalue weighted by Crippen LogP contribution is 2.23. The van der Waals surface area contributed by atoms with Crippen molar-refractivity contribution in [3.05, 3.63) is 33.8 Å². The summed E-state index contributed by atoms with van der Waals surface area (Å²) >= 11 is 16.4. The second-order valence-corrected chi connectivity index (χ2v) is 3.06. The maximum Gasteiger partial charge on any atom is 0.252 e. The van der Waals surface area contributed by atoms with E-state index in [1.54, 1.807) is 0 Å². The third kappa shape index (κ3) is 3.93. The van der Waals surface area contributed by atoms with Gasteiger partial charge in [0, 0.05) is 5.56 Å². The molecule has 0 bridgehead atoms. The minimum atomic E-state index is -0.538. The van der Waals surface area contributed by atoms with Crippen molar-refractivity contribution in [3.63, 3.8) is 0 Å². The Kier molecular flexibility index (Phi) is 6.03. The molecule has 0 unspecified atom stereocenters. The van der Waals surface area contributed by atoms with E-state index in [2.05, 4.69) is 11.7 Å². The summed E-state index contributed by atoms with van der Waals surface area (Å²) in [5.41, 5.74) is 0.348. The van der Waals surface area contributed by atoms with Crippen LogP contribution in [0.15, 0.2) is 18.2 Å². The summed E-state index contributed by atoms with van der Waals surface area (Å²) in [6.45, 7) is 0. The van der Waals surface area contributed by atoms with Crippen LogP contribution in [0.2, 0.25) is 10.0 Å². The van der Waals surface area contributed by atoms with Gasteiger partial charge in [0.1, 0.15) is 0 Å². The molecule has 0 radical (unpaired) electrons. The standard InChI is InChI=1S/C7H3Cl3O.H4N2/c8-5-2-1-4(7(10)11)3-6(5)9;1-2/h1-3H;1-2H2. The summed E-state index contributed by atoms with van der Waals surface area (Å²) < 4.78 is 0. The van der Waals surface area contributed by atoms with Crippen molar-refractivity contribution in [2.45, 2.75) is 0 Å². The Hall–Kier alpha value is -0.320. The van der Waals surface area contributed by atoms with Crippen LogP contribution in [0.1, 0.15) is 10.4 Å². The number of halogens is 3. The largest absolute Gasteiger partial charge is 0.276 e. The smallest absolute Gasteiger partial charge is 0.252 e. The SMILES string of the molecule is NN.O=C(Cl)c1ccc(Cl)c(Cl)c1. The molecule has 3 nitrogen and oxygen atoms in total. The summed E-state index contributed by atoms with van der Waals surface area (Å²) in [6, 6.07) is 4.47. The van der Waals surface area contributed by atoms with Crippen molar-refractivity contribution in [2.75, 3.05) is 0 Å². The zero-order chi connectivity index (χ0) is 10.4. The van der Waals surface area contributed by atoms with Crippen molar-refractivity contribution in [3.8, 4) is 0 Å². The van der Waals surface area contributed by atoms with Crippen LogP contribution in [-0.4, -0.2) is 5.24 Å². The maximum atomic E-state index is 10.6. The van der Waals surface area contributed by atoms with Gasteiger partial charge in [-0.25, -0.2) is 0 Å². The quantitative estimate of drug-likeness (QED) is 0.450. The van der Waals surface area contributed by atoms with Crippen molar-refractivity contribution in [2.24, 2.45) is 11.7 Å². The highest BCUT2D eigenvalue weighted by atomic mass is 35.5. The minimum Gasteiger partial charge on any atom is -0.276 e. The second kappa shape index (κ2) is 6.18. The van der Waals surface area contributed by atoms with Crippen molar-refractivity contribution in [1.29, 1.82) is 0 Å². The fourth-order valence-corrected chi connectivity index (χ4v) is 1.03. The Bertz CT molecular complexity index is 304. The van der Waals surface area contributed by atoms with Crippen LogP contribution in [0.3, 0.4) is 0 Å². The van der Waals surface area contributed by atoms with Gasteiger partial charge < -0.3 is 0 Å². The van der Waals surface area contributed by atoms with E-state index in [-0.39, 0.29) is 0 Å². The highest BCUT2D eigenvalue weighted by molar-refractivity contribution is 6.67. The number of nitrogens with two attached hydrogens (primary N) is 2. The number of hydrogen-bond donors (Lipinski definition) is 2. The van der Waals surface area contributed by atoms with Crippen molar-refractivity contribution in [1.82, 2.24) is 0 Å². The van der Waals surface area contributed by atoms with E-state index in [0.29, 0.717) is 15.6 Å². The van der Waals surface area contributed by atoms with Gasteiger partial charge >= 0.3 is 0 Å². The topological polar surface area (TPSA) is 69.1 Å². The van der Waals surface area contributed by atoms with E-state index in [9.17, 15) is 4.79 Å². The lowest BCUT2D eigenvalue weighted by molar-refractivity contribution is 0.108. The van der Waals surface area contributed by atoms with Gasteiger partial charge in [-0.15, -0.1) is 0 Å². The van der Waals surface area contributed by atoms with Crippen LogP contribution in [0.25, 0.3) is 0 Å². The first-order chi connectivity index (χ1) is 6.11. The summed E-state index contributed by atoms with van der Waals surface area (Å²) in [6.07, 6.45) is 0. The lowest BCUT2D eigenvalue weighted by Crippen LogP contribution is -2.02. The van der Waals surface area contributed by atoms with E-state index in [0.717, 1.165) is 0 Å². The molecule has 0 spiro atoms.